The standard InChI is InChI=1S/C40H58N8O10/c1-6-22(7-2)31(37(55)45-30(33(42)51)23-13-9-8-10-14-23)46-36(54)28-19-24(49)21-48(28)38(56)32(40(3,4)5)47-35(53)27(15-11-12-16-29(41)50)44-34(52)26-20-43-18-17-25(26)39(57)58/h12,16-18,20,22-23,27-28,30-32H,6-11,13-15,19,21H2,1-5H3,(H2,41,50)(H2,42,51)(H,44,52)(H,45,55)(H,46,54)(H,47,53)(H,57,58)/b16-12+/t27-,28-,30-,31-,32+/m0/s1. The maximum atomic E-state index is 14.4. The number of ketones is 1. The van der Waals surface area contributed by atoms with Crippen molar-refractivity contribution in [2.45, 2.75) is 129 Å². The third kappa shape index (κ3) is 12.7. The highest BCUT2D eigenvalue weighted by Crippen LogP contribution is 2.28. The highest BCUT2D eigenvalue weighted by molar-refractivity contribution is 6.06. The van der Waals surface area contributed by atoms with Crippen molar-refractivity contribution in [3.05, 3.63) is 41.7 Å². The van der Waals surface area contributed by atoms with Crippen LogP contribution >= 0.6 is 0 Å². The number of rotatable bonds is 19. The molecule has 3 rings (SSSR count). The van der Waals surface area contributed by atoms with Gasteiger partial charge in [-0.15, -0.1) is 0 Å². The van der Waals surface area contributed by atoms with Crippen LogP contribution in [0.1, 0.15) is 120 Å². The summed E-state index contributed by atoms with van der Waals surface area (Å²) in [6.07, 6.45) is 9.49. The first-order chi connectivity index (χ1) is 27.3. The van der Waals surface area contributed by atoms with E-state index in [4.69, 9.17) is 11.5 Å². The van der Waals surface area contributed by atoms with Crippen molar-refractivity contribution >= 4 is 53.1 Å². The number of carbonyl (C=O) groups excluding carboxylic acids is 8. The number of Topliss-reactive ketones (excluding diaryl/α,β-unsaturated/α-hetero) is 1. The van der Waals surface area contributed by atoms with Crippen molar-refractivity contribution in [3.63, 3.8) is 0 Å². The predicted octanol–water partition coefficient (Wildman–Crippen LogP) is 0.872. The molecule has 2 aliphatic rings. The van der Waals surface area contributed by atoms with Gasteiger partial charge in [0.15, 0.2) is 5.78 Å². The van der Waals surface area contributed by atoms with Crippen molar-refractivity contribution in [1.29, 1.82) is 0 Å². The first kappa shape index (κ1) is 46.7. The van der Waals surface area contributed by atoms with Crippen LogP contribution in [0, 0.1) is 17.3 Å². The molecule has 1 aromatic heterocycles. The summed E-state index contributed by atoms with van der Waals surface area (Å²) in [5, 5.41) is 20.3. The Morgan fingerprint density at radius 1 is 0.931 bits per heavy atom. The van der Waals surface area contributed by atoms with E-state index in [1.165, 1.54) is 12.3 Å². The van der Waals surface area contributed by atoms with Gasteiger partial charge in [0.25, 0.3) is 5.91 Å². The normalized spacial score (nSPS) is 18.2. The molecule has 18 nitrogen and oxygen atoms in total. The minimum atomic E-state index is -1.41. The zero-order valence-electron chi connectivity index (χ0n) is 33.9. The second kappa shape index (κ2) is 21.2. The third-order valence-electron chi connectivity index (χ3n) is 10.8. The van der Waals surface area contributed by atoms with Crippen LogP contribution in [-0.4, -0.2) is 105 Å². The van der Waals surface area contributed by atoms with Crippen molar-refractivity contribution < 1.29 is 48.3 Å². The number of nitrogens with one attached hydrogen (secondary N) is 4. The third-order valence-corrected chi connectivity index (χ3v) is 10.8. The van der Waals surface area contributed by atoms with Crippen LogP contribution in [0.15, 0.2) is 30.6 Å². The number of primary amides is 2. The molecule has 0 unspecified atom stereocenters. The first-order valence-electron chi connectivity index (χ1n) is 19.8. The van der Waals surface area contributed by atoms with Crippen LogP contribution in [-0.2, 0) is 33.6 Å². The molecule has 0 radical (unpaired) electrons. The summed E-state index contributed by atoms with van der Waals surface area (Å²) < 4.78 is 0. The summed E-state index contributed by atoms with van der Waals surface area (Å²) in [5.74, 6) is -7.70. The van der Waals surface area contributed by atoms with Crippen molar-refractivity contribution in [2.75, 3.05) is 6.54 Å². The molecule has 5 atom stereocenters. The Balaban J connectivity index is 1.89. The SMILES string of the molecule is CCC(CC)[C@H](NC(=O)[C@@H]1CC(=O)CN1C(=O)[C@@H](NC(=O)[C@H](CC/C=C/C(N)=O)NC(=O)c1cnccc1C(=O)O)C(C)(C)C)C(=O)N[C@H](C(N)=O)C1CCCCC1. The van der Waals surface area contributed by atoms with Crippen molar-refractivity contribution in [2.24, 2.45) is 28.7 Å². The van der Waals surface area contributed by atoms with E-state index in [-0.39, 0.29) is 42.2 Å². The summed E-state index contributed by atoms with van der Waals surface area (Å²) in [7, 11) is 0. The number of carbonyl (C=O) groups is 9. The van der Waals surface area contributed by atoms with E-state index in [1.807, 2.05) is 13.8 Å². The van der Waals surface area contributed by atoms with Crippen LogP contribution in [0.2, 0.25) is 0 Å². The van der Waals surface area contributed by atoms with Gasteiger partial charge in [-0.05, 0) is 55.1 Å². The molecule has 58 heavy (non-hydrogen) atoms. The van der Waals surface area contributed by atoms with Gasteiger partial charge in [0.1, 0.15) is 30.2 Å². The van der Waals surface area contributed by atoms with Crippen molar-refractivity contribution in [3.8, 4) is 0 Å². The van der Waals surface area contributed by atoms with Crippen LogP contribution in [0.25, 0.3) is 0 Å². The van der Waals surface area contributed by atoms with Gasteiger partial charge in [0.2, 0.25) is 35.4 Å². The molecule has 1 saturated carbocycles. The second-order valence-electron chi connectivity index (χ2n) is 16.0. The highest BCUT2D eigenvalue weighted by atomic mass is 16.4. The number of nitrogens with two attached hydrogens (primary N) is 2. The number of carboxylic acids is 1. The van der Waals surface area contributed by atoms with E-state index >= 15 is 0 Å². The fraction of sp³-hybridized carbons (Fsp3) is 0.600. The number of aromatic carboxylic acids is 1. The molecular formula is C40H58N8O10. The number of pyridine rings is 1. The van der Waals surface area contributed by atoms with Crippen LogP contribution < -0.4 is 32.7 Å². The maximum Gasteiger partial charge on any atom is 0.336 e. The van der Waals surface area contributed by atoms with E-state index < -0.39 is 95.3 Å². The number of carboxylic acid groups (broad SMARTS) is 1. The number of hydrogen-bond acceptors (Lipinski definition) is 10. The highest BCUT2D eigenvalue weighted by Gasteiger charge is 2.46. The fourth-order valence-electron chi connectivity index (χ4n) is 7.48. The van der Waals surface area contributed by atoms with Gasteiger partial charge < -0.3 is 42.7 Å². The minimum absolute atomic E-state index is 0.0588. The lowest BCUT2D eigenvalue weighted by atomic mass is 9.83. The summed E-state index contributed by atoms with van der Waals surface area (Å²) in [4.78, 5) is 123. The Labute approximate surface area is 338 Å². The van der Waals surface area contributed by atoms with Gasteiger partial charge in [0.05, 0.1) is 17.7 Å². The molecule has 0 spiro atoms. The summed E-state index contributed by atoms with van der Waals surface area (Å²) >= 11 is 0. The molecule has 9 N–H and O–H groups in total. The van der Waals surface area contributed by atoms with Crippen LogP contribution in [0.5, 0.6) is 0 Å². The lowest BCUT2D eigenvalue weighted by Crippen LogP contribution is -2.62. The molecule has 7 amide bonds. The average Bonchev–Trinajstić information content (AvgIpc) is 3.57. The molecule has 1 aliphatic carbocycles. The Hall–Kier alpha value is -5.68. The van der Waals surface area contributed by atoms with Crippen LogP contribution in [0.4, 0.5) is 0 Å². The van der Waals surface area contributed by atoms with E-state index in [9.17, 15) is 48.3 Å². The fourth-order valence-corrected chi connectivity index (χ4v) is 7.48. The molecule has 0 bridgehead atoms. The van der Waals surface area contributed by atoms with Gasteiger partial charge >= 0.3 is 5.97 Å². The molecule has 0 aromatic carbocycles. The number of likely N-dealkylation sites (tertiary alicyclic amines) is 1. The second-order valence-corrected chi connectivity index (χ2v) is 16.0. The van der Waals surface area contributed by atoms with Gasteiger partial charge in [-0.3, -0.25) is 43.3 Å². The number of allylic oxidation sites excluding steroid dienone is 1. The lowest BCUT2D eigenvalue weighted by Gasteiger charge is -2.36. The molecular weight excluding hydrogens is 752 g/mol. The van der Waals surface area contributed by atoms with Gasteiger partial charge in [-0.1, -0.05) is 72.8 Å². The summed E-state index contributed by atoms with van der Waals surface area (Å²) in [6, 6.07) is -5.01. The van der Waals surface area contributed by atoms with E-state index in [2.05, 4.69) is 26.3 Å². The Morgan fingerprint density at radius 2 is 1.59 bits per heavy atom. The van der Waals surface area contributed by atoms with Crippen molar-refractivity contribution in [1.82, 2.24) is 31.2 Å². The minimum Gasteiger partial charge on any atom is -0.478 e. The van der Waals surface area contributed by atoms with Crippen LogP contribution in [0.3, 0.4) is 0 Å². The van der Waals surface area contributed by atoms with E-state index in [0.29, 0.717) is 12.8 Å². The molecule has 1 aromatic rings. The zero-order chi connectivity index (χ0) is 43.3. The predicted molar refractivity (Wildman–Crippen MR) is 210 cm³/mol. The van der Waals surface area contributed by atoms with E-state index in [1.54, 1.807) is 20.8 Å². The number of nitrogens with zero attached hydrogens (tertiary/aromatic N) is 2. The summed E-state index contributed by atoms with van der Waals surface area (Å²) in [5.41, 5.74) is 9.19. The lowest BCUT2D eigenvalue weighted by molar-refractivity contribution is -0.145. The Bertz CT molecular complexity index is 1750. The largest absolute Gasteiger partial charge is 0.478 e. The molecule has 1 aliphatic heterocycles. The smallest absolute Gasteiger partial charge is 0.336 e. The van der Waals surface area contributed by atoms with Gasteiger partial charge in [-0.25, -0.2) is 4.79 Å². The quantitative estimate of drug-likeness (QED) is 0.0963. The Morgan fingerprint density at radius 3 is 2.16 bits per heavy atom. The monoisotopic (exact) mass is 810 g/mol. The first-order valence-corrected chi connectivity index (χ1v) is 19.8. The van der Waals surface area contributed by atoms with Gasteiger partial charge in [0, 0.05) is 18.8 Å². The zero-order valence-corrected chi connectivity index (χ0v) is 33.9. The van der Waals surface area contributed by atoms with Gasteiger partial charge in [-0.2, -0.15) is 0 Å². The number of aromatic nitrogens is 1. The number of hydrogen-bond donors (Lipinski definition) is 7. The Kier molecular flexibility index (Phi) is 17.1. The average molecular weight is 811 g/mol. The van der Waals surface area contributed by atoms with E-state index in [0.717, 1.165) is 55.3 Å². The number of amides is 7. The topological polar surface area (TPSA) is 290 Å². The molecule has 2 heterocycles. The molecule has 18 heteroatoms. The molecule has 318 valence electrons. The molecule has 1 saturated heterocycles. The maximum absolute atomic E-state index is 14.4. The molecule has 2 fully saturated rings. The summed E-state index contributed by atoms with van der Waals surface area (Å²) in [6.45, 7) is 8.19.